The number of amides is 1. The van der Waals surface area contributed by atoms with Crippen molar-refractivity contribution in [3.8, 4) is 5.75 Å². The standard InChI is InChI=1S/C20H27NO3/c1-13(15-5-6-15)21(12-14-3-7-16(23-2)8-4-14)20(22)18-11-17-9-10-19(18)24-17/h3-4,7-8,13,15,17-19H,5-6,9-12H2,1-2H3/t13-,17+,18-,19-/m0/s1. The molecule has 24 heavy (non-hydrogen) atoms. The van der Waals surface area contributed by atoms with Gasteiger partial charge in [-0.05, 0) is 62.6 Å². The van der Waals surface area contributed by atoms with E-state index in [4.69, 9.17) is 9.47 Å². The molecule has 1 aromatic rings. The Morgan fingerprint density at radius 3 is 2.54 bits per heavy atom. The molecular formula is C20H27NO3. The topological polar surface area (TPSA) is 38.8 Å². The van der Waals surface area contributed by atoms with Gasteiger partial charge in [0.25, 0.3) is 0 Å². The van der Waals surface area contributed by atoms with E-state index in [0.29, 0.717) is 30.5 Å². The predicted molar refractivity (Wildman–Crippen MR) is 91.7 cm³/mol. The molecule has 2 bridgehead atoms. The highest BCUT2D eigenvalue weighted by Gasteiger charge is 2.47. The Hall–Kier alpha value is -1.55. The molecule has 1 saturated carbocycles. The number of carbonyl (C=O) groups excluding carboxylic acids is 1. The highest BCUT2D eigenvalue weighted by atomic mass is 16.5. The van der Waals surface area contributed by atoms with E-state index in [9.17, 15) is 4.79 Å². The van der Waals surface area contributed by atoms with Gasteiger partial charge in [-0.15, -0.1) is 0 Å². The predicted octanol–water partition coefficient (Wildman–Crippen LogP) is 3.39. The lowest BCUT2D eigenvalue weighted by atomic mass is 9.87. The van der Waals surface area contributed by atoms with Gasteiger partial charge in [0.2, 0.25) is 5.91 Å². The molecular weight excluding hydrogens is 302 g/mol. The maximum absolute atomic E-state index is 13.3. The number of methoxy groups -OCH3 is 1. The molecule has 1 aromatic carbocycles. The van der Waals surface area contributed by atoms with E-state index < -0.39 is 0 Å². The summed E-state index contributed by atoms with van der Waals surface area (Å²) < 4.78 is 11.2. The van der Waals surface area contributed by atoms with Crippen molar-refractivity contribution in [3.05, 3.63) is 29.8 Å². The molecule has 4 rings (SSSR count). The van der Waals surface area contributed by atoms with Crippen LogP contribution in [0.2, 0.25) is 0 Å². The van der Waals surface area contributed by atoms with Crippen molar-refractivity contribution in [2.45, 2.75) is 63.8 Å². The first kappa shape index (κ1) is 15.9. The van der Waals surface area contributed by atoms with Crippen LogP contribution in [0, 0.1) is 11.8 Å². The fourth-order valence-corrected chi connectivity index (χ4v) is 4.29. The molecule has 0 radical (unpaired) electrons. The largest absolute Gasteiger partial charge is 0.497 e. The Bertz CT molecular complexity index is 595. The summed E-state index contributed by atoms with van der Waals surface area (Å²) in [4.78, 5) is 15.4. The Kier molecular flexibility index (Phi) is 4.25. The molecule has 2 aliphatic heterocycles. The lowest BCUT2D eigenvalue weighted by Crippen LogP contribution is -2.45. The van der Waals surface area contributed by atoms with Crippen molar-refractivity contribution >= 4 is 5.91 Å². The van der Waals surface area contributed by atoms with Gasteiger partial charge in [0, 0.05) is 12.6 Å². The summed E-state index contributed by atoms with van der Waals surface area (Å²) >= 11 is 0. The van der Waals surface area contributed by atoms with E-state index in [2.05, 4.69) is 24.0 Å². The third-order valence-electron chi connectivity index (χ3n) is 6.01. The van der Waals surface area contributed by atoms with Crippen molar-refractivity contribution in [1.82, 2.24) is 4.90 Å². The molecule has 3 fully saturated rings. The number of carbonyl (C=O) groups is 1. The second-order valence-electron chi connectivity index (χ2n) is 7.61. The minimum absolute atomic E-state index is 0.0724. The summed E-state index contributed by atoms with van der Waals surface area (Å²) in [6, 6.07) is 8.39. The highest BCUT2D eigenvalue weighted by Crippen LogP contribution is 2.42. The van der Waals surface area contributed by atoms with E-state index in [0.717, 1.165) is 25.0 Å². The van der Waals surface area contributed by atoms with Crippen LogP contribution < -0.4 is 4.74 Å². The highest BCUT2D eigenvalue weighted by molar-refractivity contribution is 5.80. The van der Waals surface area contributed by atoms with E-state index in [1.54, 1.807) is 7.11 Å². The van der Waals surface area contributed by atoms with E-state index in [1.807, 2.05) is 12.1 Å². The first-order valence-electron chi connectivity index (χ1n) is 9.24. The Morgan fingerprint density at radius 1 is 1.25 bits per heavy atom. The van der Waals surface area contributed by atoms with Crippen LogP contribution in [0.3, 0.4) is 0 Å². The van der Waals surface area contributed by atoms with Gasteiger partial charge in [-0.3, -0.25) is 4.79 Å². The van der Waals surface area contributed by atoms with Crippen molar-refractivity contribution < 1.29 is 14.3 Å². The molecule has 2 heterocycles. The van der Waals surface area contributed by atoms with Crippen molar-refractivity contribution in [2.75, 3.05) is 7.11 Å². The summed E-state index contributed by atoms with van der Waals surface area (Å²) in [5.41, 5.74) is 1.17. The number of hydrogen-bond donors (Lipinski definition) is 0. The summed E-state index contributed by atoms with van der Waals surface area (Å²) in [6.07, 6.45) is 6.08. The van der Waals surface area contributed by atoms with Crippen molar-refractivity contribution in [1.29, 1.82) is 0 Å². The molecule has 0 aromatic heterocycles. The number of benzene rings is 1. The number of fused-ring (bicyclic) bond motifs is 2. The first-order valence-corrected chi connectivity index (χ1v) is 9.24. The van der Waals surface area contributed by atoms with E-state index in [-0.39, 0.29) is 12.0 Å². The molecule has 2 saturated heterocycles. The monoisotopic (exact) mass is 329 g/mol. The Morgan fingerprint density at radius 2 is 2.00 bits per heavy atom. The Balaban J connectivity index is 1.51. The third kappa shape index (κ3) is 3.04. The van der Waals surface area contributed by atoms with Gasteiger partial charge in [-0.1, -0.05) is 12.1 Å². The number of ether oxygens (including phenoxy) is 2. The van der Waals surface area contributed by atoms with Crippen LogP contribution in [0.5, 0.6) is 5.75 Å². The molecule has 0 spiro atoms. The van der Waals surface area contributed by atoms with Crippen LogP contribution >= 0.6 is 0 Å². The molecule has 1 amide bonds. The van der Waals surface area contributed by atoms with Gasteiger partial charge in [-0.2, -0.15) is 0 Å². The second kappa shape index (κ2) is 6.40. The van der Waals surface area contributed by atoms with Gasteiger partial charge < -0.3 is 14.4 Å². The molecule has 4 heteroatoms. The fraction of sp³-hybridized carbons (Fsp3) is 0.650. The molecule has 4 nitrogen and oxygen atoms in total. The van der Waals surface area contributed by atoms with Gasteiger partial charge in [0.05, 0.1) is 25.2 Å². The summed E-state index contributed by atoms with van der Waals surface area (Å²) in [6.45, 7) is 2.90. The lowest BCUT2D eigenvalue weighted by Gasteiger charge is -2.33. The minimum atomic E-state index is 0.0724. The third-order valence-corrected chi connectivity index (χ3v) is 6.01. The van der Waals surface area contributed by atoms with Crippen LogP contribution in [-0.4, -0.2) is 36.2 Å². The second-order valence-corrected chi connectivity index (χ2v) is 7.61. The molecule has 4 atom stereocenters. The van der Waals surface area contributed by atoms with Crippen molar-refractivity contribution in [2.24, 2.45) is 11.8 Å². The lowest BCUT2D eigenvalue weighted by molar-refractivity contribution is -0.140. The first-order chi connectivity index (χ1) is 11.7. The maximum Gasteiger partial charge on any atom is 0.228 e. The summed E-state index contributed by atoms with van der Waals surface area (Å²) in [5.74, 6) is 1.90. The average Bonchev–Trinajstić information content (AvgIpc) is 3.26. The normalized spacial score (nSPS) is 29.5. The van der Waals surface area contributed by atoms with Crippen LogP contribution in [-0.2, 0) is 16.1 Å². The van der Waals surface area contributed by atoms with Crippen LogP contribution in [0.15, 0.2) is 24.3 Å². The molecule has 0 N–H and O–H groups in total. The van der Waals surface area contributed by atoms with Gasteiger partial charge in [0.1, 0.15) is 5.75 Å². The fourth-order valence-electron chi connectivity index (χ4n) is 4.29. The quantitative estimate of drug-likeness (QED) is 0.803. The average molecular weight is 329 g/mol. The van der Waals surface area contributed by atoms with Gasteiger partial charge in [-0.25, -0.2) is 0 Å². The SMILES string of the molecule is COc1ccc(CN(C(=O)[C@H]2C[C@H]3CC[C@@H]2O3)[C@@H](C)C2CC2)cc1. The summed E-state index contributed by atoms with van der Waals surface area (Å²) in [5, 5.41) is 0. The van der Waals surface area contributed by atoms with Crippen molar-refractivity contribution in [3.63, 3.8) is 0 Å². The zero-order valence-corrected chi connectivity index (χ0v) is 14.6. The molecule has 0 unspecified atom stereocenters. The number of rotatable bonds is 6. The van der Waals surface area contributed by atoms with Crippen LogP contribution in [0.25, 0.3) is 0 Å². The van der Waals surface area contributed by atoms with Crippen LogP contribution in [0.1, 0.15) is 44.6 Å². The summed E-state index contributed by atoms with van der Waals surface area (Å²) in [7, 11) is 1.68. The molecule has 130 valence electrons. The zero-order valence-electron chi connectivity index (χ0n) is 14.6. The van der Waals surface area contributed by atoms with E-state index in [1.165, 1.54) is 18.4 Å². The Labute approximate surface area is 144 Å². The van der Waals surface area contributed by atoms with E-state index >= 15 is 0 Å². The van der Waals surface area contributed by atoms with Crippen LogP contribution in [0.4, 0.5) is 0 Å². The number of nitrogens with zero attached hydrogens (tertiary/aromatic N) is 1. The maximum atomic E-state index is 13.3. The van der Waals surface area contributed by atoms with Gasteiger partial charge in [0.15, 0.2) is 0 Å². The molecule has 1 aliphatic carbocycles. The van der Waals surface area contributed by atoms with Gasteiger partial charge >= 0.3 is 0 Å². The smallest absolute Gasteiger partial charge is 0.228 e. The number of hydrogen-bond acceptors (Lipinski definition) is 3. The molecule has 3 aliphatic rings. The minimum Gasteiger partial charge on any atom is -0.497 e. The zero-order chi connectivity index (χ0) is 16.7.